The maximum atomic E-state index is 15.0. The second-order valence-corrected chi connectivity index (χ2v) is 20.1. The minimum atomic E-state index is -4.73. The van der Waals surface area contributed by atoms with Crippen molar-refractivity contribution in [1.29, 1.82) is 0 Å². The topological polar surface area (TPSA) is 0 Å². The van der Waals surface area contributed by atoms with Crippen molar-refractivity contribution in [3.63, 3.8) is 0 Å². The van der Waals surface area contributed by atoms with Crippen LogP contribution in [0, 0.1) is 0 Å². The van der Waals surface area contributed by atoms with Crippen LogP contribution in [0.4, 0.5) is 52.7 Å². The summed E-state index contributed by atoms with van der Waals surface area (Å²) in [6, 6.07) is 37.6. The van der Waals surface area contributed by atoms with Crippen LogP contribution in [-0.2, 0) is 21.7 Å². The Morgan fingerprint density at radius 1 is 0.243 bits per heavy atom. The van der Waals surface area contributed by atoms with Gasteiger partial charge in [-0.3, -0.25) is 0 Å². The zero-order valence-corrected chi connectivity index (χ0v) is 39.4. The van der Waals surface area contributed by atoms with Crippen molar-refractivity contribution in [1.82, 2.24) is 0 Å². The molecule has 0 aliphatic heterocycles. The fraction of sp³-hybridized carbons (Fsp3) is 0.276. The quantitative estimate of drug-likeness (QED) is 0.105. The molecule has 0 aliphatic rings. The summed E-state index contributed by atoms with van der Waals surface area (Å²) in [6.45, 7) is 8.37. The molecule has 0 N–H and O–H groups in total. The number of alkyl halides is 12. The van der Waals surface area contributed by atoms with E-state index >= 15 is 26.3 Å². The van der Waals surface area contributed by atoms with Gasteiger partial charge in [-0.15, -0.1) is 0 Å². The van der Waals surface area contributed by atoms with Crippen molar-refractivity contribution in [3.8, 4) is 44.5 Å². The fourth-order valence-electron chi connectivity index (χ4n) is 9.18. The molecule has 0 radical (unpaired) electrons. The molecule has 0 atom stereocenters. The van der Waals surface area contributed by atoms with Crippen LogP contribution < -0.4 is 0 Å². The molecular formula is C58H48F12. The van der Waals surface area contributed by atoms with Crippen LogP contribution >= 0.6 is 0 Å². The lowest BCUT2D eigenvalue weighted by molar-refractivity contribution is -0.180. The molecule has 0 bridgehead atoms. The molecule has 0 saturated heterocycles. The molecule has 0 nitrogen and oxygen atoms in total. The molecule has 0 spiro atoms. The normalized spacial score (nSPS) is 13.7. The molecule has 0 heterocycles. The standard InChI is InChI=1S/C58H48F12/c1-51(2,55(59,60)61)37-23-19-35(20-24-37)45-41-29-27-39(53(5,6)57(65,66)67)31-43(41)48(34-17-13-10-14-18-34)50-46(36-21-25-38(26-22-36)52(3,4)56(62,63)64)42-30-28-40(54(7,8)58(68,69)70)32-44(42)47(49(45)50)33-15-11-9-12-16-33/h9-32H,1-8H3. The minimum absolute atomic E-state index is 0.0807. The van der Waals surface area contributed by atoms with Gasteiger partial charge < -0.3 is 0 Å². The van der Waals surface area contributed by atoms with Crippen LogP contribution in [0.5, 0.6) is 0 Å². The van der Waals surface area contributed by atoms with Gasteiger partial charge in [-0.2, -0.15) is 52.7 Å². The minimum Gasteiger partial charge on any atom is -0.170 e. The van der Waals surface area contributed by atoms with Gasteiger partial charge in [-0.1, -0.05) is 133 Å². The fourth-order valence-corrected chi connectivity index (χ4v) is 9.18. The summed E-state index contributed by atoms with van der Waals surface area (Å²) in [5, 5.41) is 2.18. The van der Waals surface area contributed by atoms with E-state index in [1.165, 1.54) is 72.8 Å². The zero-order valence-electron chi connectivity index (χ0n) is 39.4. The average molecular weight is 973 g/mol. The first kappa shape index (κ1) is 50.1. The van der Waals surface area contributed by atoms with Gasteiger partial charge in [-0.05, 0) is 167 Å². The number of benzene rings is 8. The molecule has 0 fully saturated rings. The van der Waals surface area contributed by atoms with E-state index in [0.717, 1.165) is 55.4 Å². The van der Waals surface area contributed by atoms with E-state index in [4.69, 9.17) is 0 Å². The first-order valence-corrected chi connectivity index (χ1v) is 22.5. The predicted octanol–water partition coefficient (Wildman–Crippen LogP) is 19.2. The highest BCUT2D eigenvalue weighted by Gasteiger charge is 2.51. The first-order valence-electron chi connectivity index (χ1n) is 22.5. The molecule has 8 rings (SSSR count). The zero-order chi connectivity index (χ0) is 51.4. The number of fused-ring (bicyclic) bond motifs is 3. The first-order chi connectivity index (χ1) is 32.3. The van der Waals surface area contributed by atoms with Crippen molar-refractivity contribution >= 4 is 32.3 Å². The summed E-state index contributed by atoms with van der Waals surface area (Å²) < 4.78 is 177. The van der Waals surface area contributed by atoms with Gasteiger partial charge in [0, 0.05) is 0 Å². The van der Waals surface area contributed by atoms with Crippen LogP contribution in [0.25, 0.3) is 76.8 Å². The van der Waals surface area contributed by atoms with Gasteiger partial charge >= 0.3 is 24.7 Å². The molecule has 0 amide bonds. The van der Waals surface area contributed by atoms with E-state index < -0.39 is 46.4 Å². The number of hydrogen-bond acceptors (Lipinski definition) is 0. The second kappa shape index (κ2) is 16.7. The lowest BCUT2D eigenvalue weighted by Gasteiger charge is -2.31. The molecule has 0 aromatic heterocycles. The van der Waals surface area contributed by atoms with E-state index in [0.29, 0.717) is 76.8 Å². The monoisotopic (exact) mass is 972 g/mol. The molecule has 0 saturated carbocycles. The maximum Gasteiger partial charge on any atom is 0.397 e. The summed E-state index contributed by atoms with van der Waals surface area (Å²) in [5.74, 6) is 0. The third-order valence-electron chi connectivity index (χ3n) is 14.6. The van der Waals surface area contributed by atoms with Gasteiger partial charge in [0.15, 0.2) is 0 Å². The average Bonchev–Trinajstić information content (AvgIpc) is 3.28. The highest BCUT2D eigenvalue weighted by molar-refractivity contribution is 6.34. The van der Waals surface area contributed by atoms with Gasteiger partial charge in [-0.25, -0.2) is 0 Å². The van der Waals surface area contributed by atoms with Crippen LogP contribution in [0.2, 0.25) is 0 Å². The van der Waals surface area contributed by atoms with E-state index in [1.54, 1.807) is 72.8 Å². The Morgan fingerprint density at radius 2 is 0.471 bits per heavy atom. The summed E-state index contributed by atoms with van der Waals surface area (Å²) in [6.07, 6.45) is -18.8. The Labute approximate surface area is 398 Å². The number of rotatable bonds is 8. The highest BCUT2D eigenvalue weighted by Crippen LogP contribution is 2.56. The van der Waals surface area contributed by atoms with Crippen molar-refractivity contribution in [2.45, 2.75) is 102 Å². The summed E-state index contributed by atoms with van der Waals surface area (Å²) in [4.78, 5) is 0. The molecule has 8 aromatic rings. The van der Waals surface area contributed by atoms with Gasteiger partial charge in [0.05, 0.1) is 21.7 Å². The van der Waals surface area contributed by atoms with Crippen LogP contribution in [0.3, 0.4) is 0 Å². The maximum absolute atomic E-state index is 15.0. The molecule has 0 unspecified atom stereocenters. The lowest BCUT2D eigenvalue weighted by atomic mass is 9.74. The third kappa shape index (κ3) is 8.08. The molecular weight excluding hydrogens is 925 g/mol. The SMILES string of the molecule is CC(C)(c1ccc(-c2c3ccc(C(C)(C)C(F)(F)F)cc3c(-c3ccccc3)c3c(-c4ccc(C(C)(C)C(F)(F)F)cc4)c4ccc(C(C)(C)C(F)(F)F)cc4c(-c4ccccc4)c23)cc1)C(F)(F)F. The van der Waals surface area contributed by atoms with Gasteiger partial charge in [0.1, 0.15) is 0 Å². The molecule has 12 heteroatoms. The van der Waals surface area contributed by atoms with Crippen LogP contribution in [0.15, 0.2) is 146 Å². The molecule has 0 aliphatic carbocycles. The summed E-state index contributed by atoms with van der Waals surface area (Å²) in [5.41, 5.74) is -6.53. The Morgan fingerprint density at radius 3 is 0.743 bits per heavy atom. The van der Waals surface area contributed by atoms with Crippen molar-refractivity contribution in [2.24, 2.45) is 0 Å². The van der Waals surface area contributed by atoms with E-state index in [9.17, 15) is 26.3 Å². The van der Waals surface area contributed by atoms with Crippen molar-refractivity contribution in [2.75, 3.05) is 0 Å². The molecule has 8 aromatic carbocycles. The largest absolute Gasteiger partial charge is 0.397 e. The van der Waals surface area contributed by atoms with Crippen molar-refractivity contribution < 1.29 is 52.7 Å². The van der Waals surface area contributed by atoms with E-state index in [-0.39, 0.29) is 22.3 Å². The molecule has 364 valence electrons. The molecule has 70 heavy (non-hydrogen) atoms. The van der Waals surface area contributed by atoms with Gasteiger partial charge in [0.2, 0.25) is 0 Å². The Hall–Kier alpha value is -6.30. The Balaban J connectivity index is 1.72. The van der Waals surface area contributed by atoms with Crippen LogP contribution in [-0.4, -0.2) is 24.7 Å². The van der Waals surface area contributed by atoms with Crippen LogP contribution in [0.1, 0.15) is 77.6 Å². The summed E-state index contributed by atoms with van der Waals surface area (Å²) in [7, 11) is 0. The third-order valence-corrected chi connectivity index (χ3v) is 14.6. The van der Waals surface area contributed by atoms with Crippen molar-refractivity contribution in [3.05, 3.63) is 168 Å². The Bertz CT molecular complexity index is 3040. The Kier molecular flexibility index (Phi) is 11.9. The van der Waals surface area contributed by atoms with Gasteiger partial charge in [0.25, 0.3) is 0 Å². The highest BCUT2D eigenvalue weighted by atomic mass is 19.4. The number of hydrogen-bond donors (Lipinski definition) is 0. The second-order valence-electron chi connectivity index (χ2n) is 20.1. The van der Waals surface area contributed by atoms with E-state index in [2.05, 4.69) is 0 Å². The summed E-state index contributed by atoms with van der Waals surface area (Å²) >= 11 is 0. The van der Waals surface area contributed by atoms with E-state index in [1.807, 2.05) is 0 Å². The lowest BCUT2D eigenvalue weighted by Crippen LogP contribution is -2.36. The predicted molar refractivity (Wildman–Crippen MR) is 257 cm³/mol. The smallest absolute Gasteiger partial charge is 0.170 e. The number of halogens is 12.